The van der Waals surface area contributed by atoms with Gasteiger partial charge in [0.1, 0.15) is 5.15 Å². The predicted octanol–water partition coefficient (Wildman–Crippen LogP) is 4.83. The molecule has 4 aromatic rings. The number of pyridine rings is 1. The molecular weight excluding hydrogens is 358 g/mol. The second-order valence-corrected chi connectivity index (χ2v) is 6.86. The number of rotatable bonds is 3. The summed E-state index contributed by atoms with van der Waals surface area (Å²) in [6.07, 6.45) is 3.44. The molecule has 0 aliphatic heterocycles. The zero-order chi connectivity index (χ0) is 19.0. The summed E-state index contributed by atoms with van der Waals surface area (Å²) in [4.78, 5) is 8.82. The maximum atomic E-state index is 6.31. The smallest absolute Gasteiger partial charge is 0.221 e. The molecule has 2 aromatic heterocycles. The first kappa shape index (κ1) is 17.2. The minimum absolute atomic E-state index is 0.308. The lowest BCUT2D eigenvalue weighted by Gasteiger charge is -2.03. The number of nitrogens with zero attached hydrogens (tertiary/aromatic N) is 4. The van der Waals surface area contributed by atoms with Crippen molar-refractivity contribution in [1.29, 1.82) is 0 Å². The molecule has 2 heterocycles. The third kappa shape index (κ3) is 3.55. The van der Waals surface area contributed by atoms with Gasteiger partial charge in [0.05, 0.1) is 23.6 Å². The highest BCUT2D eigenvalue weighted by Gasteiger charge is 2.07. The van der Waals surface area contributed by atoms with Crippen LogP contribution in [-0.2, 0) is 0 Å². The summed E-state index contributed by atoms with van der Waals surface area (Å²) in [7, 11) is 0. The molecule has 0 fully saturated rings. The highest BCUT2D eigenvalue weighted by Crippen LogP contribution is 2.22. The van der Waals surface area contributed by atoms with E-state index >= 15 is 0 Å². The Bertz CT molecular complexity index is 1160. The standard InChI is InChI=1S/C21H18ClN5/c1-13-3-6-15(7-4-13)19-12-27(21(23)26-19)24-11-17-10-16-9-14(2)5-8-18(16)25-20(17)22/h3-12H,1-2H3,(H2,23,26)/b24-11+. The summed E-state index contributed by atoms with van der Waals surface area (Å²) < 4.78 is 1.53. The van der Waals surface area contributed by atoms with E-state index in [1.165, 1.54) is 10.2 Å². The fourth-order valence-electron chi connectivity index (χ4n) is 2.85. The number of halogens is 1. The van der Waals surface area contributed by atoms with Gasteiger partial charge in [-0.25, -0.2) is 14.6 Å². The zero-order valence-corrected chi connectivity index (χ0v) is 15.8. The average Bonchev–Trinajstić information content (AvgIpc) is 3.01. The predicted molar refractivity (Wildman–Crippen MR) is 111 cm³/mol. The van der Waals surface area contributed by atoms with Crippen molar-refractivity contribution in [3.05, 3.63) is 76.6 Å². The Morgan fingerprint density at radius 3 is 2.52 bits per heavy atom. The van der Waals surface area contributed by atoms with Crippen LogP contribution in [0.1, 0.15) is 16.7 Å². The Morgan fingerprint density at radius 2 is 1.74 bits per heavy atom. The lowest BCUT2D eigenvalue weighted by atomic mass is 10.1. The molecule has 0 amide bonds. The third-order valence-corrected chi connectivity index (χ3v) is 4.64. The Kier molecular flexibility index (Phi) is 4.38. The molecule has 0 radical (unpaired) electrons. The number of aryl methyl sites for hydroxylation is 2. The third-order valence-electron chi connectivity index (χ3n) is 4.33. The first-order chi connectivity index (χ1) is 13.0. The summed E-state index contributed by atoms with van der Waals surface area (Å²) in [5.41, 5.74) is 11.7. The van der Waals surface area contributed by atoms with Gasteiger partial charge in [-0.05, 0) is 32.0 Å². The Labute approximate surface area is 162 Å². The summed E-state index contributed by atoms with van der Waals surface area (Å²) in [5.74, 6) is 0.308. The quantitative estimate of drug-likeness (QED) is 0.411. The van der Waals surface area contributed by atoms with Gasteiger partial charge in [-0.15, -0.1) is 0 Å². The number of nitrogen functional groups attached to an aromatic ring is 1. The molecule has 0 aliphatic rings. The molecular formula is C21H18ClN5. The van der Waals surface area contributed by atoms with Crippen LogP contribution < -0.4 is 5.73 Å². The molecule has 0 bridgehead atoms. The SMILES string of the molecule is Cc1ccc(-c2cn(/N=C/c3cc4cc(C)ccc4nc3Cl)c(N)n2)cc1. The number of nitrogens with two attached hydrogens (primary N) is 1. The lowest BCUT2D eigenvalue weighted by molar-refractivity contribution is 0.898. The summed E-state index contributed by atoms with van der Waals surface area (Å²) in [5, 5.41) is 5.82. The summed E-state index contributed by atoms with van der Waals surface area (Å²) in [6.45, 7) is 4.09. The van der Waals surface area contributed by atoms with Crippen LogP contribution in [0.25, 0.3) is 22.2 Å². The molecule has 27 heavy (non-hydrogen) atoms. The fraction of sp³-hybridized carbons (Fsp3) is 0.0952. The van der Waals surface area contributed by atoms with Crippen molar-refractivity contribution >= 4 is 34.7 Å². The molecule has 0 spiro atoms. The van der Waals surface area contributed by atoms with E-state index < -0.39 is 0 Å². The number of hydrogen-bond acceptors (Lipinski definition) is 4. The normalized spacial score (nSPS) is 11.5. The summed E-state index contributed by atoms with van der Waals surface area (Å²) in [6, 6.07) is 16.1. The van der Waals surface area contributed by atoms with Gasteiger partial charge in [0, 0.05) is 16.5 Å². The van der Waals surface area contributed by atoms with Crippen LogP contribution in [0.15, 0.2) is 59.8 Å². The molecule has 6 heteroatoms. The van der Waals surface area contributed by atoms with Gasteiger partial charge >= 0.3 is 0 Å². The van der Waals surface area contributed by atoms with Crippen LogP contribution in [0.3, 0.4) is 0 Å². The minimum Gasteiger partial charge on any atom is -0.368 e. The van der Waals surface area contributed by atoms with Crippen molar-refractivity contribution in [2.45, 2.75) is 13.8 Å². The lowest BCUT2D eigenvalue weighted by Crippen LogP contribution is -1.97. The second-order valence-electron chi connectivity index (χ2n) is 6.50. The fourth-order valence-corrected chi connectivity index (χ4v) is 3.04. The summed E-state index contributed by atoms with van der Waals surface area (Å²) >= 11 is 6.31. The van der Waals surface area contributed by atoms with Crippen molar-refractivity contribution < 1.29 is 0 Å². The van der Waals surface area contributed by atoms with Gasteiger partial charge in [0.15, 0.2) is 0 Å². The van der Waals surface area contributed by atoms with E-state index in [9.17, 15) is 0 Å². The highest BCUT2D eigenvalue weighted by atomic mass is 35.5. The number of benzene rings is 2. The van der Waals surface area contributed by atoms with Crippen LogP contribution in [0, 0.1) is 13.8 Å². The van der Waals surface area contributed by atoms with E-state index in [0.717, 1.165) is 33.3 Å². The van der Waals surface area contributed by atoms with Crippen molar-refractivity contribution in [1.82, 2.24) is 14.6 Å². The second kappa shape index (κ2) is 6.85. The molecule has 134 valence electrons. The van der Waals surface area contributed by atoms with Crippen LogP contribution in [0.2, 0.25) is 5.15 Å². The van der Waals surface area contributed by atoms with Gasteiger partial charge in [-0.1, -0.05) is 53.1 Å². The van der Waals surface area contributed by atoms with Crippen LogP contribution >= 0.6 is 11.6 Å². The average molecular weight is 376 g/mol. The van der Waals surface area contributed by atoms with Crippen molar-refractivity contribution in [2.24, 2.45) is 5.10 Å². The van der Waals surface area contributed by atoms with Gasteiger partial charge < -0.3 is 5.73 Å². The van der Waals surface area contributed by atoms with Crippen LogP contribution in [-0.4, -0.2) is 20.9 Å². The van der Waals surface area contributed by atoms with Crippen molar-refractivity contribution in [3.8, 4) is 11.3 Å². The van der Waals surface area contributed by atoms with Crippen molar-refractivity contribution in [3.63, 3.8) is 0 Å². The van der Waals surface area contributed by atoms with Gasteiger partial charge in [0.25, 0.3) is 0 Å². The topological polar surface area (TPSA) is 69.1 Å². The molecule has 5 nitrogen and oxygen atoms in total. The van der Waals surface area contributed by atoms with Gasteiger partial charge in [-0.3, -0.25) is 0 Å². The first-order valence-corrected chi connectivity index (χ1v) is 8.90. The molecule has 0 saturated heterocycles. The minimum atomic E-state index is 0.308. The Morgan fingerprint density at radius 1 is 1.00 bits per heavy atom. The number of hydrogen-bond donors (Lipinski definition) is 1. The van der Waals surface area contributed by atoms with E-state index in [1.54, 1.807) is 12.4 Å². The first-order valence-electron chi connectivity index (χ1n) is 8.53. The van der Waals surface area contributed by atoms with E-state index in [0.29, 0.717) is 11.1 Å². The van der Waals surface area contributed by atoms with Crippen LogP contribution in [0.4, 0.5) is 5.95 Å². The largest absolute Gasteiger partial charge is 0.368 e. The molecule has 0 unspecified atom stereocenters. The van der Waals surface area contributed by atoms with E-state index in [4.69, 9.17) is 17.3 Å². The zero-order valence-electron chi connectivity index (χ0n) is 15.0. The Hall–Kier alpha value is -3.18. The number of imidazole rings is 1. The molecule has 0 atom stereocenters. The number of aromatic nitrogens is 3. The monoisotopic (exact) mass is 375 g/mol. The molecule has 2 N–H and O–H groups in total. The molecule has 0 aliphatic carbocycles. The van der Waals surface area contributed by atoms with E-state index in [-0.39, 0.29) is 0 Å². The Balaban J connectivity index is 1.68. The van der Waals surface area contributed by atoms with E-state index in [2.05, 4.69) is 21.1 Å². The van der Waals surface area contributed by atoms with Crippen molar-refractivity contribution in [2.75, 3.05) is 5.73 Å². The maximum Gasteiger partial charge on any atom is 0.221 e. The highest BCUT2D eigenvalue weighted by molar-refractivity contribution is 6.32. The number of anilines is 1. The van der Waals surface area contributed by atoms with E-state index in [1.807, 2.05) is 56.3 Å². The maximum absolute atomic E-state index is 6.31. The molecule has 0 saturated carbocycles. The molecule has 4 rings (SSSR count). The molecule has 2 aromatic carbocycles. The van der Waals surface area contributed by atoms with Crippen LogP contribution in [0.5, 0.6) is 0 Å². The van der Waals surface area contributed by atoms with Gasteiger partial charge in [-0.2, -0.15) is 5.10 Å². The number of fused-ring (bicyclic) bond motifs is 1. The van der Waals surface area contributed by atoms with Gasteiger partial charge in [0.2, 0.25) is 5.95 Å².